The first-order valence-electron chi connectivity index (χ1n) is 3.91. The molecule has 1 atom stereocenters. The van der Waals surface area contributed by atoms with Crippen LogP contribution in [0.2, 0.25) is 5.02 Å². The Hall–Kier alpha value is -1.27. The summed E-state index contributed by atoms with van der Waals surface area (Å²) in [6, 6.07) is 1.65. The van der Waals surface area contributed by atoms with Crippen molar-refractivity contribution in [3.63, 3.8) is 0 Å². The SMILES string of the molecule is N[C@H](c1cc([N+](=O)[O-])ccc1Cl)C(F)F. The molecule has 0 saturated heterocycles. The molecule has 0 fully saturated rings. The van der Waals surface area contributed by atoms with Crippen LogP contribution < -0.4 is 5.73 Å². The molecule has 15 heavy (non-hydrogen) atoms. The fraction of sp³-hybridized carbons (Fsp3) is 0.250. The zero-order valence-corrected chi connectivity index (χ0v) is 8.12. The van der Waals surface area contributed by atoms with Crippen molar-refractivity contribution in [1.29, 1.82) is 0 Å². The van der Waals surface area contributed by atoms with Crippen LogP contribution in [0.4, 0.5) is 14.5 Å². The van der Waals surface area contributed by atoms with Crippen LogP contribution in [0.1, 0.15) is 11.6 Å². The molecule has 0 saturated carbocycles. The van der Waals surface area contributed by atoms with Crippen LogP contribution in [0.25, 0.3) is 0 Å². The van der Waals surface area contributed by atoms with Crippen LogP contribution in [0, 0.1) is 10.1 Å². The number of nitro groups is 1. The molecule has 0 aliphatic rings. The van der Waals surface area contributed by atoms with Crippen molar-refractivity contribution in [2.45, 2.75) is 12.5 Å². The summed E-state index contributed by atoms with van der Waals surface area (Å²) < 4.78 is 24.5. The minimum atomic E-state index is -2.82. The maximum absolute atomic E-state index is 12.3. The van der Waals surface area contributed by atoms with Crippen LogP contribution in [-0.2, 0) is 0 Å². The summed E-state index contributed by atoms with van der Waals surface area (Å²) in [7, 11) is 0. The number of rotatable bonds is 3. The third kappa shape index (κ3) is 2.60. The van der Waals surface area contributed by atoms with Crippen LogP contribution in [0.15, 0.2) is 18.2 Å². The lowest BCUT2D eigenvalue weighted by molar-refractivity contribution is -0.384. The third-order valence-electron chi connectivity index (χ3n) is 1.82. The van der Waals surface area contributed by atoms with E-state index in [-0.39, 0.29) is 16.3 Å². The van der Waals surface area contributed by atoms with Crippen molar-refractivity contribution in [3.8, 4) is 0 Å². The first kappa shape index (κ1) is 11.8. The Bertz CT molecular complexity index is 387. The number of nitrogens with two attached hydrogens (primary N) is 1. The molecule has 1 rings (SSSR count). The Balaban J connectivity index is 3.16. The second kappa shape index (κ2) is 4.50. The molecule has 0 aliphatic carbocycles. The Kier molecular flexibility index (Phi) is 3.54. The largest absolute Gasteiger partial charge is 0.319 e. The van der Waals surface area contributed by atoms with E-state index in [0.717, 1.165) is 12.1 Å². The van der Waals surface area contributed by atoms with Gasteiger partial charge in [-0.1, -0.05) is 11.6 Å². The van der Waals surface area contributed by atoms with Gasteiger partial charge < -0.3 is 5.73 Å². The van der Waals surface area contributed by atoms with E-state index in [0.29, 0.717) is 0 Å². The lowest BCUT2D eigenvalue weighted by Gasteiger charge is -2.11. The molecular weight excluding hydrogens is 230 g/mol. The van der Waals surface area contributed by atoms with Gasteiger partial charge in [0.2, 0.25) is 0 Å². The highest BCUT2D eigenvalue weighted by Gasteiger charge is 2.22. The fourth-order valence-electron chi connectivity index (χ4n) is 1.04. The molecule has 4 nitrogen and oxygen atoms in total. The Morgan fingerprint density at radius 2 is 2.07 bits per heavy atom. The van der Waals surface area contributed by atoms with Crippen LogP contribution in [-0.4, -0.2) is 11.3 Å². The van der Waals surface area contributed by atoms with Gasteiger partial charge in [-0.15, -0.1) is 0 Å². The van der Waals surface area contributed by atoms with Crippen molar-refractivity contribution in [3.05, 3.63) is 38.9 Å². The summed E-state index contributed by atoms with van der Waals surface area (Å²) in [5, 5.41) is 10.4. The number of nitrogens with zero attached hydrogens (tertiary/aromatic N) is 1. The maximum atomic E-state index is 12.3. The van der Waals surface area contributed by atoms with E-state index in [1.165, 1.54) is 6.07 Å². The number of hydrogen-bond acceptors (Lipinski definition) is 3. The summed E-state index contributed by atoms with van der Waals surface area (Å²) >= 11 is 5.60. The second-order valence-corrected chi connectivity index (χ2v) is 3.23. The molecule has 0 radical (unpaired) electrons. The fourth-order valence-corrected chi connectivity index (χ4v) is 1.28. The van der Waals surface area contributed by atoms with Crippen LogP contribution in [0.3, 0.4) is 0 Å². The molecule has 0 bridgehead atoms. The first-order chi connectivity index (χ1) is 6.93. The molecule has 0 heterocycles. The molecule has 7 heteroatoms. The molecule has 0 amide bonds. The molecule has 1 aromatic rings. The van der Waals surface area contributed by atoms with Crippen molar-refractivity contribution in [2.24, 2.45) is 5.73 Å². The first-order valence-corrected chi connectivity index (χ1v) is 4.29. The highest BCUT2D eigenvalue weighted by Crippen LogP contribution is 2.29. The topological polar surface area (TPSA) is 69.2 Å². The predicted molar refractivity (Wildman–Crippen MR) is 51.0 cm³/mol. The minimum absolute atomic E-state index is 0.00611. The lowest BCUT2D eigenvalue weighted by Crippen LogP contribution is -2.19. The van der Waals surface area contributed by atoms with Crippen molar-refractivity contribution >= 4 is 17.3 Å². The summed E-state index contributed by atoms with van der Waals surface area (Å²) in [6.45, 7) is 0. The second-order valence-electron chi connectivity index (χ2n) is 2.82. The molecule has 0 spiro atoms. The average molecular weight is 237 g/mol. The smallest absolute Gasteiger partial charge is 0.269 e. The Morgan fingerprint density at radius 1 is 1.47 bits per heavy atom. The standard InChI is InChI=1S/C8H7ClF2N2O2/c9-6-2-1-4(13(14)15)3-5(6)7(12)8(10)11/h1-3,7-8H,12H2/t7-/m1/s1. The van der Waals surface area contributed by atoms with Gasteiger partial charge in [0, 0.05) is 17.2 Å². The maximum Gasteiger partial charge on any atom is 0.269 e. The molecule has 1 aromatic carbocycles. The predicted octanol–water partition coefficient (Wildman–Crippen LogP) is 2.51. The zero-order valence-electron chi connectivity index (χ0n) is 7.36. The van der Waals surface area contributed by atoms with E-state index in [4.69, 9.17) is 17.3 Å². The number of benzene rings is 1. The Morgan fingerprint density at radius 3 is 2.53 bits per heavy atom. The lowest BCUT2D eigenvalue weighted by atomic mass is 10.1. The van der Waals surface area contributed by atoms with E-state index in [1.807, 2.05) is 0 Å². The third-order valence-corrected chi connectivity index (χ3v) is 2.17. The molecule has 2 N–H and O–H groups in total. The van der Waals surface area contributed by atoms with Crippen molar-refractivity contribution < 1.29 is 13.7 Å². The van der Waals surface area contributed by atoms with Crippen molar-refractivity contribution in [2.75, 3.05) is 0 Å². The molecule has 0 aliphatic heterocycles. The number of nitro benzene ring substituents is 1. The van der Waals surface area contributed by atoms with Gasteiger partial charge >= 0.3 is 0 Å². The number of non-ortho nitro benzene ring substituents is 1. The van der Waals surface area contributed by atoms with Crippen LogP contribution >= 0.6 is 11.6 Å². The van der Waals surface area contributed by atoms with Gasteiger partial charge in [0.05, 0.1) is 11.0 Å². The molecule has 0 unspecified atom stereocenters. The van der Waals surface area contributed by atoms with Gasteiger partial charge in [0.25, 0.3) is 12.1 Å². The number of alkyl halides is 2. The highest BCUT2D eigenvalue weighted by molar-refractivity contribution is 6.31. The number of halogens is 3. The quantitative estimate of drug-likeness (QED) is 0.648. The Labute approximate surface area is 88.8 Å². The molecule has 82 valence electrons. The van der Waals surface area contributed by atoms with Gasteiger partial charge in [-0.2, -0.15) is 0 Å². The van der Waals surface area contributed by atoms with Gasteiger partial charge in [0.1, 0.15) is 0 Å². The van der Waals surface area contributed by atoms with Crippen molar-refractivity contribution in [1.82, 2.24) is 0 Å². The van der Waals surface area contributed by atoms with Gasteiger partial charge in [-0.25, -0.2) is 8.78 Å². The summed E-state index contributed by atoms with van der Waals surface area (Å²) in [4.78, 5) is 9.69. The molecule has 0 aromatic heterocycles. The normalized spacial score (nSPS) is 12.9. The summed E-state index contributed by atoms with van der Waals surface area (Å²) in [5.74, 6) is 0. The van der Waals surface area contributed by atoms with E-state index in [2.05, 4.69) is 0 Å². The zero-order chi connectivity index (χ0) is 11.6. The summed E-state index contributed by atoms with van der Waals surface area (Å²) in [5.41, 5.74) is 4.71. The van der Waals surface area contributed by atoms with Gasteiger partial charge in [-0.3, -0.25) is 10.1 Å². The van der Waals surface area contributed by atoms with Crippen LogP contribution in [0.5, 0.6) is 0 Å². The average Bonchev–Trinajstić information content (AvgIpc) is 2.16. The van der Waals surface area contributed by atoms with E-state index >= 15 is 0 Å². The van der Waals surface area contributed by atoms with E-state index in [9.17, 15) is 18.9 Å². The highest BCUT2D eigenvalue weighted by atomic mass is 35.5. The van der Waals surface area contributed by atoms with Gasteiger partial charge in [-0.05, 0) is 11.6 Å². The number of hydrogen-bond donors (Lipinski definition) is 1. The monoisotopic (exact) mass is 236 g/mol. The minimum Gasteiger partial charge on any atom is -0.319 e. The van der Waals surface area contributed by atoms with Gasteiger partial charge in [0.15, 0.2) is 0 Å². The van der Waals surface area contributed by atoms with E-state index in [1.54, 1.807) is 0 Å². The summed E-state index contributed by atoms with van der Waals surface area (Å²) in [6.07, 6.45) is -2.82. The van der Waals surface area contributed by atoms with E-state index < -0.39 is 17.4 Å². The molecular formula is C8H7ClF2N2O2.